The molecule has 0 aliphatic carbocycles. The van der Waals surface area contributed by atoms with Crippen LogP contribution in [-0.4, -0.2) is 38.4 Å². The molecule has 0 unspecified atom stereocenters. The Balaban J connectivity index is 1.58. The van der Waals surface area contributed by atoms with Crippen molar-refractivity contribution >= 4 is 18.1 Å². The Morgan fingerprint density at radius 3 is 2.44 bits per heavy atom. The highest BCUT2D eigenvalue weighted by Crippen LogP contribution is 2.29. The van der Waals surface area contributed by atoms with E-state index in [0.29, 0.717) is 41.4 Å². The molecule has 0 radical (unpaired) electrons. The molecule has 0 aromatic heterocycles. The van der Waals surface area contributed by atoms with Gasteiger partial charge in [-0.25, -0.2) is 10.2 Å². The van der Waals surface area contributed by atoms with Gasteiger partial charge in [-0.2, -0.15) is 5.10 Å². The number of hydrogen-bond acceptors (Lipinski definition) is 7. The van der Waals surface area contributed by atoms with Crippen LogP contribution in [0.5, 0.6) is 23.0 Å². The van der Waals surface area contributed by atoms with Crippen LogP contribution in [0.1, 0.15) is 28.4 Å². The van der Waals surface area contributed by atoms with Gasteiger partial charge < -0.3 is 18.9 Å². The van der Waals surface area contributed by atoms with Crippen molar-refractivity contribution in [3.05, 3.63) is 96.1 Å². The van der Waals surface area contributed by atoms with Gasteiger partial charge in [0.2, 0.25) is 0 Å². The third-order valence-corrected chi connectivity index (χ3v) is 4.85. The number of nitrogens with one attached hydrogen (secondary N) is 1. The molecule has 36 heavy (non-hydrogen) atoms. The van der Waals surface area contributed by atoms with Crippen LogP contribution in [0.4, 0.5) is 0 Å². The first-order valence-electron chi connectivity index (χ1n) is 11.3. The molecule has 1 N–H and O–H groups in total. The fourth-order valence-corrected chi connectivity index (χ4v) is 3.17. The molecule has 3 aromatic rings. The summed E-state index contributed by atoms with van der Waals surface area (Å²) in [6.45, 7) is 5.68. The smallest absolute Gasteiger partial charge is 0.343 e. The zero-order chi connectivity index (χ0) is 25.8. The molecule has 8 heteroatoms. The molecule has 3 rings (SSSR count). The van der Waals surface area contributed by atoms with Gasteiger partial charge >= 0.3 is 5.97 Å². The summed E-state index contributed by atoms with van der Waals surface area (Å²) in [5.41, 5.74) is 4.51. The number of carbonyl (C=O) groups is 2. The minimum Gasteiger partial charge on any atom is -0.493 e. The van der Waals surface area contributed by atoms with Crippen LogP contribution in [0.2, 0.25) is 0 Å². The second kappa shape index (κ2) is 13.3. The van der Waals surface area contributed by atoms with E-state index in [1.54, 1.807) is 54.6 Å². The van der Waals surface area contributed by atoms with E-state index in [1.165, 1.54) is 13.3 Å². The summed E-state index contributed by atoms with van der Waals surface area (Å²) in [6, 6.07) is 19.1. The Bertz CT molecular complexity index is 1220. The number of nitrogens with zero attached hydrogens (tertiary/aromatic N) is 1. The van der Waals surface area contributed by atoms with Crippen LogP contribution in [0.3, 0.4) is 0 Å². The minimum atomic E-state index is -0.489. The standard InChI is InChI=1S/C28H28N2O6/c1-4-9-20-12-14-23(25(16-20)33-3)35-19-27(31)30-29-18-21-13-15-24(26(17-21)34-5-2)36-28(32)22-10-7-6-8-11-22/h4,6-8,10-18H,1,5,9,19H2,2-3H3,(H,30,31)/b29-18+. The maximum absolute atomic E-state index is 12.4. The first-order valence-corrected chi connectivity index (χ1v) is 11.3. The van der Waals surface area contributed by atoms with E-state index in [-0.39, 0.29) is 12.4 Å². The van der Waals surface area contributed by atoms with Crippen LogP contribution in [0, 0.1) is 0 Å². The highest BCUT2D eigenvalue weighted by Gasteiger charge is 2.13. The number of allylic oxidation sites excluding steroid dienone is 1. The van der Waals surface area contributed by atoms with Crippen molar-refractivity contribution in [3.63, 3.8) is 0 Å². The molecule has 0 heterocycles. The number of rotatable bonds is 12. The third kappa shape index (κ3) is 7.46. The fraction of sp³-hybridized carbons (Fsp3) is 0.179. The van der Waals surface area contributed by atoms with Crippen molar-refractivity contribution in [2.45, 2.75) is 13.3 Å². The van der Waals surface area contributed by atoms with Gasteiger partial charge in [-0.05, 0) is 66.9 Å². The van der Waals surface area contributed by atoms with Crippen molar-refractivity contribution in [1.29, 1.82) is 0 Å². The monoisotopic (exact) mass is 488 g/mol. The van der Waals surface area contributed by atoms with Crippen molar-refractivity contribution in [2.75, 3.05) is 20.3 Å². The predicted octanol–water partition coefficient (Wildman–Crippen LogP) is 4.57. The fourth-order valence-electron chi connectivity index (χ4n) is 3.17. The van der Waals surface area contributed by atoms with Crippen molar-refractivity contribution in [3.8, 4) is 23.0 Å². The normalized spacial score (nSPS) is 10.5. The van der Waals surface area contributed by atoms with Gasteiger partial charge in [0, 0.05) is 0 Å². The number of carbonyl (C=O) groups excluding carboxylic acids is 2. The van der Waals surface area contributed by atoms with Crippen molar-refractivity contribution < 1.29 is 28.5 Å². The van der Waals surface area contributed by atoms with Crippen LogP contribution >= 0.6 is 0 Å². The molecular formula is C28H28N2O6. The lowest BCUT2D eigenvalue weighted by atomic mass is 10.1. The second-order valence-electron chi connectivity index (χ2n) is 7.45. The highest BCUT2D eigenvalue weighted by molar-refractivity contribution is 5.91. The highest BCUT2D eigenvalue weighted by atomic mass is 16.6. The molecule has 0 atom stereocenters. The summed E-state index contributed by atoms with van der Waals surface area (Å²) >= 11 is 0. The van der Waals surface area contributed by atoms with Crippen LogP contribution in [0.25, 0.3) is 0 Å². The van der Waals surface area contributed by atoms with E-state index >= 15 is 0 Å². The number of ether oxygens (including phenoxy) is 4. The Morgan fingerprint density at radius 2 is 1.72 bits per heavy atom. The maximum atomic E-state index is 12.4. The molecule has 0 aliphatic rings. The van der Waals surface area contributed by atoms with E-state index in [0.717, 1.165) is 5.56 Å². The van der Waals surface area contributed by atoms with E-state index in [2.05, 4.69) is 17.1 Å². The van der Waals surface area contributed by atoms with Gasteiger partial charge in [-0.1, -0.05) is 30.3 Å². The molecule has 0 saturated carbocycles. The summed E-state index contributed by atoms with van der Waals surface area (Å²) in [7, 11) is 1.54. The average molecular weight is 489 g/mol. The molecule has 0 bridgehead atoms. The number of esters is 1. The molecule has 0 spiro atoms. The number of methoxy groups -OCH3 is 1. The summed E-state index contributed by atoms with van der Waals surface area (Å²) in [4.78, 5) is 24.5. The van der Waals surface area contributed by atoms with Crippen molar-refractivity contribution in [2.24, 2.45) is 5.10 Å². The van der Waals surface area contributed by atoms with Gasteiger partial charge in [0.15, 0.2) is 29.6 Å². The predicted molar refractivity (Wildman–Crippen MR) is 137 cm³/mol. The largest absolute Gasteiger partial charge is 0.493 e. The van der Waals surface area contributed by atoms with Crippen molar-refractivity contribution in [1.82, 2.24) is 5.43 Å². The molecule has 3 aromatic carbocycles. The molecular weight excluding hydrogens is 460 g/mol. The average Bonchev–Trinajstić information content (AvgIpc) is 2.90. The molecule has 186 valence electrons. The topological polar surface area (TPSA) is 95.5 Å². The Hall–Kier alpha value is -4.59. The summed E-state index contributed by atoms with van der Waals surface area (Å²) in [5.74, 6) is 0.716. The van der Waals surface area contributed by atoms with E-state index in [9.17, 15) is 9.59 Å². The van der Waals surface area contributed by atoms with Gasteiger partial charge in [0.25, 0.3) is 5.91 Å². The van der Waals surface area contributed by atoms with Crippen LogP contribution < -0.4 is 24.4 Å². The Morgan fingerprint density at radius 1 is 0.944 bits per heavy atom. The van der Waals surface area contributed by atoms with Gasteiger partial charge in [0.1, 0.15) is 0 Å². The van der Waals surface area contributed by atoms with Crippen LogP contribution in [-0.2, 0) is 11.2 Å². The van der Waals surface area contributed by atoms with Gasteiger partial charge in [-0.15, -0.1) is 6.58 Å². The third-order valence-electron chi connectivity index (χ3n) is 4.85. The Labute approximate surface area is 210 Å². The van der Waals surface area contributed by atoms with E-state index in [1.807, 2.05) is 25.1 Å². The summed E-state index contributed by atoms with van der Waals surface area (Å²) in [6.07, 6.45) is 3.95. The number of hydrogen-bond donors (Lipinski definition) is 1. The SMILES string of the molecule is C=CCc1ccc(OCC(=O)N/N=C/c2ccc(OC(=O)c3ccccc3)c(OCC)c2)c(OC)c1. The number of hydrazone groups is 1. The lowest BCUT2D eigenvalue weighted by molar-refractivity contribution is -0.123. The van der Waals surface area contributed by atoms with E-state index in [4.69, 9.17) is 18.9 Å². The Kier molecular flexibility index (Phi) is 9.64. The first-order chi connectivity index (χ1) is 17.5. The summed E-state index contributed by atoms with van der Waals surface area (Å²) < 4.78 is 22.0. The summed E-state index contributed by atoms with van der Waals surface area (Å²) in [5, 5.41) is 3.96. The van der Waals surface area contributed by atoms with Gasteiger partial charge in [-0.3, -0.25) is 4.79 Å². The molecule has 1 amide bonds. The van der Waals surface area contributed by atoms with Crippen LogP contribution in [0.15, 0.2) is 84.5 Å². The molecule has 0 saturated heterocycles. The lowest BCUT2D eigenvalue weighted by Crippen LogP contribution is -2.24. The molecule has 8 nitrogen and oxygen atoms in total. The quantitative estimate of drug-likeness (QED) is 0.132. The molecule has 0 aliphatic heterocycles. The number of amides is 1. The zero-order valence-electron chi connectivity index (χ0n) is 20.2. The van der Waals surface area contributed by atoms with Gasteiger partial charge in [0.05, 0.1) is 25.5 Å². The lowest BCUT2D eigenvalue weighted by Gasteiger charge is -2.11. The molecule has 0 fully saturated rings. The van der Waals surface area contributed by atoms with E-state index < -0.39 is 11.9 Å². The first kappa shape index (κ1) is 26.0. The zero-order valence-corrected chi connectivity index (χ0v) is 20.2. The number of benzene rings is 3. The minimum absolute atomic E-state index is 0.243. The maximum Gasteiger partial charge on any atom is 0.343 e. The second-order valence-corrected chi connectivity index (χ2v) is 7.45.